The number of carbonyl (C=O) groups excluding carboxylic acids is 1. The quantitative estimate of drug-likeness (QED) is 0.759. The summed E-state index contributed by atoms with van der Waals surface area (Å²) in [4.78, 5) is 11.6. The Morgan fingerprint density at radius 1 is 1.39 bits per heavy atom. The van der Waals surface area contributed by atoms with Crippen LogP contribution in [0.2, 0.25) is 0 Å². The molecular weight excluding hydrogens is 295 g/mol. The summed E-state index contributed by atoms with van der Waals surface area (Å²) in [6.07, 6.45) is -0.804. The van der Waals surface area contributed by atoms with Gasteiger partial charge in [-0.2, -0.15) is 0 Å². The second kappa shape index (κ2) is 6.66. The third-order valence-corrected chi connectivity index (χ3v) is 5.12. The van der Waals surface area contributed by atoms with E-state index in [4.69, 9.17) is 27.9 Å². The van der Waals surface area contributed by atoms with E-state index in [0.717, 1.165) is 0 Å². The average Bonchev–Trinajstić information content (AvgIpc) is 2.35. The van der Waals surface area contributed by atoms with Crippen molar-refractivity contribution in [1.29, 1.82) is 0 Å². The van der Waals surface area contributed by atoms with Crippen molar-refractivity contribution in [3.05, 3.63) is 30.3 Å². The minimum absolute atomic E-state index is 0.0159. The van der Waals surface area contributed by atoms with Gasteiger partial charge in [0.2, 0.25) is 3.67 Å². The summed E-state index contributed by atoms with van der Waals surface area (Å²) < 4.78 is 15.7. The van der Waals surface area contributed by atoms with E-state index in [1.807, 2.05) is 0 Å². The molecule has 1 rings (SSSR count). The topological polar surface area (TPSA) is 43.4 Å². The van der Waals surface area contributed by atoms with Gasteiger partial charge in [0.1, 0.15) is 11.9 Å². The molecule has 0 aliphatic heterocycles. The van der Waals surface area contributed by atoms with Crippen LogP contribution < -0.4 is 0 Å². The van der Waals surface area contributed by atoms with Crippen molar-refractivity contribution in [3.63, 3.8) is 0 Å². The van der Waals surface area contributed by atoms with E-state index in [1.165, 1.54) is 14.0 Å². The minimum Gasteiger partial charge on any atom is -0.377 e. The van der Waals surface area contributed by atoms with Gasteiger partial charge in [-0.15, -0.1) is 0 Å². The first-order chi connectivity index (χ1) is 8.39. The molecule has 0 aliphatic carbocycles. The molecule has 0 bridgehead atoms. The van der Waals surface area contributed by atoms with Crippen molar-refractivity contribution in [1.82, 2.24) is 0 Å². The third-order valence-electron chi connectivity index (χ3n) is 2.34. The van der Waals surface area contributed by atoms with E-state index in [0.29, 0.717) is 4.90 Å². The van der Waals surface area contributed by atoms with Crippen LogP contribution in [-0.2, 0) is 20.3 Å². The highest BCUT2D eigenvalue weighted by atomic mass is 35.5. The summed E-state index contributed by atoms with van der Waals surface area (Å²) in [6, 6.07) is 8.61. The monoisotopic (exact) mass is 308 g/mol. The van der Waals surface area contributed by atoms with Gasteiger partial charge >= 0.3 is 0 Å². The van der Waals surface area contributed by atoms with E-state index in [-0.39, 0.29) is 12.2 Å². The van der Waals surface area contributed by atoms with Gasteiger partial charge in [-0.25, -0.2) is 0 Å². The molecule has 0 heterocycles. The maximum Gasteiger partial charge on any atom is 0.222 e. The van der Waals surface area contributed by atoms with E-state index >= 15 is 0 Å². The molecule has 1 aromatic rings. The van der Waals surface area contributed by atoms with Crippen LogP contribution in [0.25, 0.3) is 0 Å². The van der Waals surface area contributed by atoms with Crippen molar-refractivity contribution >= 4 is 39.8 Å². The first-order valence-electron chi connectivity index (χ1n) is 5.26. The van der Waals surface area contributed by atoms with Gasteiger partial charge in [0, 0.05) is 18.4 Å². The maximum atomic E-state index is 12.3. The lowest BCUT2D eigenvalue weighted by Crippen LogP contribution is -2.38. The number of benzene rings is 1. The summed E-state index contributed by atoms with van der Waals surface area (Å²) >= 11 is 12.2. The predicted molar refractivity (Wildman–Crippen MR) is 73.4 cm³/mol. The van der Waals surface area contributed by atoms with Gasteiger partial charge in [0.15, 0.2) is 0 Å². The van der Waals surface area contributed by atoms with Gasteiger partial charge in [-0.1, -0.05) is 41.4 Å². The molecule has 0 N–H and O–H groups in total. The van der Waals surface area contributed by atoms with E-state index < -0.39 is 20.6 Å². The first-order valence-corrected chi connectivity index (χ1v) is 7.17. The molecule has 3 nitrogen and oxygen atoms in total. The Labute approximate surface area is 119 Å². The van der Waals surface area contributed by atoms with E-state index in [1.54, 1.807) is 30.3 Å². The Hall–Kier alpha value is -0.420. The molecule has 0 spiro atoms. The van der Waals surface area contributed by atoms with Crippen LogP contribution >= 0.6 is 23.2 Å². The number of alkyl halides is 2. The molecule has 0 aliphatic rings. The zero-order valence-electron chi connectivity index (χ0n) is 10.1. The molecule has 0 saturated heterocycles. The van der Waals surface area contributed by atoms with Crippen LogP contribution in [0.1, 0.15) is 13.3 Å². The minimum atomic E-state index is -1.69. The Morgan fingerprint density at radius 3 is 2.39 bits per heavy atom. The number of methoxy groups -OCH3 is 1. The number of halogens is 2. The summed E-state index contributed by atoms with van der Waals surface area (Å²) in [7, 11) is -0.302. The fourth-order valence-electron chi connectivity index (χ4n) is 1.42. The van der Waals surface area contributed by atoms with Gasteiger partial charge in [0.05, 0.1) is 10.8 Å². The molecule has 18 heavy (non-hydrogen) atoms. The zero-order valence-corrected chi connectivity index (χ0v) is 12.4. The van der Waals surface area contributed by atoms with Gasteiger partial charge in [-0.3, -0.25) is 9.00 Å². The molecular formula is C12H14Cl2O3S. The molecule has 0 aromatic heterocycles. The Kier molecular flexibility index (Phi) is 5.79. The summed E-state index contributed by atoms with van der Waals surface area (Å²) in [5.74, 6) is -0.127. The van der Waals surface area contributed by atoms with Crippen molar-refractivity contribution in [2.45, 2.75) is 28.0 Å². The lowest BCUT2D eigenvalue weighted by Gasteiger charge is -2.27. The maximum absolute atomic E-state index is 12.3. The van der Waals surface area contributed by atoms with Crippen LogP contribution in [-0.4, -0.2) is 26.9 Å². The number of rotatable bonds is 6. The van der Waals surface area contributed by atoms with Crippen molar-refractivity contribution in [2.24, 2.45) is 0 Å². The van der Waals surface area contributed by atoms with Crippen LogP contribution in [0, 0.1) is 0 Å². The van der Waals surface area contributed by atoms with Crippen molar-refractivity contribution < 1.29 is 13.7 Å². The fraction of sp³-hybridized carbons (Fsp3) is 0.417. The molecule has 0 saturated carbocycles. The third kappa shape index (κ3) is 3.79. The van der Waals surface area contributed by atoms with Gasteiger partial charge in [0.25, 0.3) is 0 Å². The zero-order chi connectivity index (χ0) is 13.8. The van der Waals surface area contributed by atoms with Gasteiger partial charge in [-0.05, 0) is 19.1 Å². The standard InChI is InChI=1S/C12H14Cl2O3S/c1-9(15)8-11(17-2)12(13,14)18(16)10-6-4-3-5-7-10/h3-7,11H,8H2,1-2H3. The molecule has 2 atom stereocenters. The van der Waals surface area contributed by atoms with Crippen molar-refractivity contribution in [2.75, 3.05) is 7.11 Å². The Balaban J connectivity index is 2.97. The highest BCUT2D eigenvalue weighted by Crippen LogP contribution is 2.36. The van der Waals surface area contributed by atoms with E-state index in [9.17, 15) is 9.00 Å². The van der Waals surface area contributed by atoms with Crippen LogP contribution in [0.5, 0.6) is 0 Å². The van der Waals surface area contributed by atoms with Crippen LogP contribution in [0.15, 0.2) is 35.2 Å². The number of hydrogen-bond donors (Lipinski definition) is 0. The smallest absolute Gasteiger partial charge is 0.222 e. The molecule has 0 amide bonds. The highest BCUT2D eigenvalue weighted by molar-refractivity contribution is 7.89. The fourth-order valence-corrected chi connectivity index (χ4v) is 3.42. The lowest BCUT2D eigenvalue weighted by atomic mass is 10.2. The Morgan fingerprint density at radius 2 is 1.94 bits per heavy atom. The molecule has 0 fully saturated rings. The summed E-state index contributed by atoms with van der Waals surface area (Å²) in [5, 5.41) is 0. The molecule has 1 aromatic carbocycles. The number of ketones is 1. The largest absolute Gasteiger partial charge is 0.377 e. The average molecular weight is 309 g/mol. The SMILES string of the molecule is COC(CC(C)=O)C(Cl)(Cl)S(=O)c1ccccc1. The summed E-state index contributed by atoms with van der Waals surface area (Å²) in [6.45, 7) is 1.40. The molecule has 100 valence electrons. The predicted octanol–water partition coefficient (Wildman–Crippen LogP) is 2.92. The van der Waals surface area contributed by atoms with Crippen molar-refractivity contribution in [3.8, 4) is 0 Å². The highest BCUT2D eigenvalue weighted by Gasteiger charge is 2.42. The molecule has 6 heteroatoms. The number of hydrogen-bond acceptors (Lipinski definition) is 3. The molecule has 2 unspecified atom stereocenters. The Bertz CT molecular complexity index is 434. The van der Waals surface area contributed by atoms with Crippen LogP contribution in [0.4, 0.5) is 0 Å². The summed E-state index contributed by atoms with van der Waals surface area (Å²) in [5.41, 5.74) is 0. The first kappa shape index (κ1) is 15.6. The van der Waals surface area contributed by atoms with Gasteiger partial charge < -0.3 is 4.74 Å². The second-order valence-electron chi connectivity index (χ2n) is 3.77. The molecule has 0 radical (unpaired) electrons. The number of Topliss-reactive ketones (excluding diaryl/α,β-unsaturated/α-hetero) is 1. The van der Waals surface area contributed by atoms with E-state index in [2.05, 4.69) is 0 Å². The number of carbonyl (C=O) groups is 1. The number of ether oxygens (including phenoxy) is 1. The second-order valence-corrected chi connectivity index (χ2v) is 7.26. The lowest BCUT2D eigenvalue weighted by molar-refractivity contribution is -0.119. The normalized spacial score (nSPS) is 15.1. The van der Waals surface area contributed by atoms with Crippen LogP contribution in [0.3, 0.4) is 0 Å².